The Morgan fingerprint density at radius 3 is 2.44 bits per heavy atom. The van der Waals surface area contributed by atoms with Gasteiger partial charge in [0, 0.05) is 36.7 Å². The van der Waals surface area contributed by atoms with Crippen LogP contribution in [0.2, 0.25) is 0 Å². The number of nitrogens with one attached hydrogen (secondary N) is 2. The maximum Gasteiger partial charge on any atom is 0.137 e. The van der Waals surface area contributed by atoms with Crippen LogP contribution in [-0.2, 0) is 4.74 Å². The minimum absolute atomic E-state index is 0.506. The number of aryl methyl sites for hydroxylation is 1. The maximum absolute atomic E-state index is 5.45. The summed E-state index contributed by atoms with van der Waals surface area (Å²) in [6, 6.07) is 8.17. The standard InChI is InChI=1S/C20H28N4O/c1-14-2-7-19-18(12-14)20(22-13-21-19)24-16-5-3-15(4-6-16)23-17-8-10-25-11-9-17/h2,7,12-13,15-17,23H,3-6,8-11H2,1H3,(H,21,22,24)/t15-,16-. The molecule has 0 radical (unpaired) electrons. The molecule has 2 N–H and O–H groups in total. The molecule has 134 valence electrons. The van der Waals surface area contributed by atoms with Crippen LogP contribution in [0.15, 0.2) is 24.5 Å². The summed E-state index contributed by atoms with van der Waals surface area (Å²) in [5, 5.41) is 8.65. The van der Waals surface area contributed by atoms with E-state index in [0.717, 1.165) is 42.8 Å². The Morgan fingerprint density at radius 1 is 0.920 bits per heavy atom. The highest BCUT2D eigenvalue weighted by molar-refractivity contribution is 5.89. The Hall–Kier alpha value is -1.72. The van der Waals surface area contributed by atoms with E-state index in [1.54, 1.807) is 6.33 Å². The first-order chi connectivity index (χ1) is 12.3. The van der Waals surface area contributed by atoms with E-state index in [0.29, 0.717) is 18.1 Å². The lowest BCUT2D eigenvalue weighted by atomic mass is 9.90. The van der Waals surface area contributed by atoms with Gasteiger partial charge in [-0.25, -0.2) is 9.97 Å². The highest BCUT2D eigenvalue weighted by atomic mass is 16.5. The third-order valence-corrected chi connectivity index (χ3v) is 5.55. The zero-order chi connectivity index (χ0) is 17.1. The van der Waals surface area contributed by atoms with Gasteiger partial charge in [-0.15, -0.1) is 0 Å². The monoisotopic (exact) mass is 340 g/mol. The van der Waals surface area contributed by atoms with Gasteiger partial charge in [-0.2, -0.15) is 0 Å². The molecule has 5 heteroatoms. The van der Waals surface area contributed by atoms with Gasteiger partial charge < -0.3 is 15.4 Å². The van der Waals surface area contributed by atoms with E-state index in [9.17, 15) is 0 Å². The second-order valence-electron chi connectivity index (χ2n) is 7.49. The first kappa shape index (κ1) is 16.7. The number of rotatable bonds is 4. The smallest absolute Gasteiger partial charge is 0.137 e. The number of hydrogen-bond donors (Lipinski definition) is 2. The van der Waals surface area contributed by atoms with Crippen molar-refractivity contribution in [1.82, 2.24) is 15.3 Å². The predicted octanol–water partition coefficient (Wildman–Crippen LogP) is 3.43. The lowest BCUT2D eigenvalue weighted by molar-refractivity contribution is 0.0730. The summed E-state index contributed by atoms with van der Waals surface area (Å²) in [6.45, 7) is 3.94. The van der Waals surface area contributed by atoms with E-state index in [2.05, 4.69) is 45.7 Å². The third-order valence-electron chi connectivity index (χ3n) is 5.55. The Kier molecular flexibility index (Phi) is 5.13. The zero-order valence-corrected chi connectivity index (χ0v) is 15.0. The van der Waals surface area contributed by atoms with E-state index >= 15 is 0 Å². The van der Waals surface area contributed by atoms with Gasteiger partial charge in [0.1, 0.15) is 12.1 Å². The quantitative estimate of drug-likeness (QED) is 0.893. The molecule has 2 aliphatic rings. The molecule has 2 fully saturated rings. The van der Waals surface area contributed by atoms with Crippen LogP contribution in [0.4, 0.5) is 5.82 Å². The number of anilines is 1. The van der Waals surface area contributed by atoms with Crippen molar-refractivity contribution in [2.75, 3.05) is 18.5 Å². The van der Waals surface area contributed by atoms with Crippen LogP contribution < -0.4 is 10.6 Å². The molecule has 0 atom stereocenters. The Bertz CT molecular complexity index is 706. The average molecular weight is 340 g/mol. The second kappa shape index (κ2) is 7.67. The molecule has 25 heavy (non-hydrogen) atoms. The molecule has 1 aromatic heterocycles. The maximum atomic E-state index is 5.45. The molecule has 2 aromatic rings. The minimum Gasteiger partial charge on any atom is -0.381 e. The molecule has 0 bridgehead atoms. The van der Waals surface area contributed by atoms with Crippen molar-refractivity contribution in [3.63, 3.8) is 0 Å². The highest BCUT2D eigenvalue weighted by Gasteiger charge is 2.24. The van der Waals surface area contributed by atoms with Gasteiger partial charge in [-0.05, 0) is 57.6 Å². The Balaban J connectivity index is 1.35. The summed E-state index contributed by atoms with van der Waals surface area (Å²) in [5.74, 6) is 0.981. The van der Waals surface area contributed by atoms with Crippen molar-refractivity contribution in [3.8, 4) is 0 Å². The molecular weight excluding hydrogens is 312 g/mol. The molecule has 1 aliphatic carbocycles. The van der Waals surface area contributed by atoms with Gasteiger partial charge in [0.2, 0.25) is 0 Å². The van der Waals surface area contributed by atoms with Gasteiger partial charge >= 0.3 is 0 Å². The number of aromatic nitrogens is 2. The summed E-state index contributed by atoms with van der Waals surface area (Å²) in [4.78, 5) is 8.88. The van der Waals surface area contributed by atoms with E-state index in [4.69, 9.17) is 4.74 Å². The summed E-state index contributed by atoms with van der Waals surface area (Å²) in [7, 11) is 0. The normalized spacial score (nSPS) is 25.2. The van der Waals surface area contributed by atoms with Crippen LogP contribution in [0.5, 0.6) is 0 Å². The van der Waals surface area contributed by atoms with Gasteiger partial charge in [0.15, 0.2) is 0 Å². The fourth-order valence-electron chi connectivity index (χ4n) is 4.08. The molecular formula is C20H28N4O. The SMILES string of the molecule is Cc1ccc2ncnc(N[C@H]3CC[C@H](NC4CCOCC4)CC3)c2c1. The Morgan fingerprint density at radius 2 is 1.64 bits per heavy atom. The van der Waals surface area contributed by atoms with Crippen LogP contribution in [0.25, 0.3) is 10.9 Å². The van der Waals surface area contributed by atoms with Crippen LogP contribution in [0.3, 0.4) is 0 Å². The second-order valence-corrected chi connectivity index (χ2v) is 7.49. The molecule has 0 amide bonds. The topological polar surface area (TPSA) is 59.1 Å². The number of hydrogen-bond acceptors (Lipinski definition) is 5. The number of nitrogens with zero attached hydrogens (tertiary/aromatic N) is 2. The molecule has 1 saturated heterocycles. The molecule has 1 aromatic carbocycles. The summed E-state index contributed by atoms with van der Waals surface area (Å²) in [5.41, 5.74) is 2.26. The molecule has 1 aliphatic heterocycles. The van der Waals surface area contributed by atoms with Gasteiger partial charge in [-0.1, -0.05) is 11.6 Å². The molecule has 1 saturated carbocycles. The van der Waals surface area contributed by atoms with Gasteiger partial charge in [-0.3, -0.25) is 0 Å². The van der Waals surface area contributed by atoms with E-state index in [-0.39, 0.29) is 0 Å². The van der Waals surface area contributed by atoms with Crippen molar-refractivity contribution >= 4 is 16.7 Å². The first-order valence-electron chi connectivity index (χ1n) is 9.59. The van der Waals surface area contributed by atoms with Crippen molar-refractivity contribution in [1.29, 1.82) is 0 Å². The summed E-state index contributed by atoms with van der Waals surface area (Å²) in [6.07, 6.45) is 8.83. The lowest BCUT2D eigenvalue weighted by Gasteiger charge is -2.34. The number of ether oxygens (including phenoxy) is 1. The van der Waals surface area contributed by atoms with Crippen LogP contribution in [0.1, 0.15) is 44.1 Å². The van der Waals surface area contributed by atoms with Crippen LogP contribution in [0, 0.1) is 6.92 Å². The van der Waals surface area contributed by atoms with Crippen LogP contribution >= 0.6 is 0 Å². The fraction of sp³-hybridized carbons (Fsp3) is 0.600. The van der Waals surface area contributed by atoms with E-state index < -0.39 is 0 Å². The highest BCUT2D eigenvalue weighted by Crippen LogP contribution is 2.26. The Labute approximate surface area is 149 Å². The molecule has 0 spiro atoms. The third kappa shape index (κ3) is 4.10. The van der Waals surface area contributed by atoms with Crippen molar-refractivity contribution in [2.45, 2.75) is 63.6 Å². The number of fused-ring (bicyclic) bond motifs is 1. The average Bonchev–Trinajstić information content (AvgIpc) is 2.65. The molecule has 5 nitrogen and oxygen atoms in total. The zero-order valence-electron chi connectivity index (χ0n) is 15.0. The van der Waals surface area contributed by atoms with Crippen LogP contribution in [-0.4, -0.2) is 41.3 Å². The van der Waals surface area contributed by atoms with Gasteiger partial charge in [0.05, 0.1) is 5.52 Å². The first-order valence-corrected chi connectivity index (χ1v) is 9.59. The van der Waals surface area contributed by atoms with Crippen molar-refractivity contribution < 1.29 is 4.74 Å². The van der Waals surface area contributed by atoms with E-state index in [1.165, 1.54) is 31.2 Å². The van der Waals surface area contributed by atoms with Crippen molar-refractivity contribution in [2.24, 2.45) is 0 Å². The summed E-state index contributed by atoms with van der Waals surface area (Å²) >= 11 is 0. The van der Waals surface area contributed by atoms with E-state index in [1.807, 2.05) is 0 Å². The predicted molar refractivity (Wildman–Crippen MR) is 101 cm³/mol. The largest absolute Gasteiger partial charge is 0.381 e. The fourth-order valence-corrected chi connectivity index (χ4v) is 4.08. The molecule has 0 unspecified atom stereocenters. The lowest BCUT2D eigenvalue weighted by Crippen LogP contribution is -2.44. The van der Waals surface area contributed by atoms with Crippen molar-refractivity contribution in [3.05, 3.63) is 30.1 Å². The minimum atomic E-state index is 0.506. The van der Waals surface area contributed by atoms with Gasteiger partial charge in [0.25, 0.3) is 0 Å². The number of benzene rings is 1. The summed E-state index contributed by atoms with van der Waals surface area (Å²) < 4.78 is 5.45. The molecule has 4 rings (SSSR count). The molecule has 2 heterocycles.